The summed E-state index contributed by atoms with van der Waals surface area (Å²) in [4.78, 5) is 38.3. The number of allylic oxidation sites excluding steroid dienone is 18. The van der Waals surface area contributed by atoms with Gasteiger partial charge < -0.3 is 14.2 Å². The number of unbranched alkanes of at least 4 members (excludes halogenated alkanes) is 27. The molecule has 0 saturated carbocycles. The number of esters is 3. The van der Waals surface area contributed by atoms with E-state index >= 15 is 0 Å². The van der Waals surface area contributed by atoms with Gasteiger partial charge >= 0.3 is 17.9 Å². The Morgan fingerprint density at radius 3 is 0.853 bits per heavy atom. The van der Waals surface area contributed by atoms with Crippen molar-refractivity contribution in [3.63, 3.8) is 0 Å². The van der Waals surface area contributed by atoms with E-state index in [-0.39, 0.29) is 31.1 Å². The maximum absolute atomic E-state index is 12.9. The molecule has 0 bridgehead atoms. The molecule has 0 fully saturated rings. The fraction of sp³-hybridized carbons (Fsp3) is 0.696. The molecule has 6 nitrogen and oxygen atoms in total. The fourth-order valence-corrected chi connectivity index (χ4v) is 8.53. The molecule has 0 rings (SSSR count). The topological polar surface area (TPSA) is 78.9 Å². The minimum Gasteiger partial charge on any atom is -0.462 e. The average molecular weight is 1040 g/mol. The van der Waals surface area contributed by atoms with Crippen LogP contribution in [0, 0.1) is 0 Å². The first-order valence-corrected chi connectivity index (χ1v) is 31.4. The summed E-state index contributed by atoms with van der Waals surface area (Å²) in [6.45, 7) is 6.48. The summed E-state index contributed by atoms with van der Waals surface area (Å²) < 4.78 is 16.9. The first kappa shape index (κ1) is 71.1. The van der Waals surface area contributed by atoms with Crippen molar-refractivity contribution in [2.45, 2.75) is 297 Å². The van der Waals surface area contributed by atoms with Crippen molar-refractivity contribution < 1.29 is 28.6 Å². The molecule has 0 amide bonds. The number of carbonyl (C=O) groups excluding carboxylic acids is 3. The second-order valence-corrected chi connectivity index (χ2v) is 20.6. The van der Waals surface area contributed by atoms with Crippen LogP contribution >= 0.6 is 0 Å². The van der Waals surface area contributed by atoms with Crippen LogP contribution in [0.3, 0.4) is 0 Å². The Kier molecular flexibility index (Phi) is 59.3. The van der Waals surface area contributed by atoms with Gasteiger partial charge in [0.1, 0.15) is 13.2 Å². The number of hydrogen-bond donors (Lipinski definition) is 0. The lowest BCUT2D eigenvalue weighted by Crippen LogP contribution is -2.30. The van der Waals surface area contributed by atoms with Gasteiger partial charge in [-0.2, -0.15) is 0 Å². The second kappa shape index (κ2) is 62.6. The summed E-state index contributed by atoms with van der Waals surface area (Å²) in [6.07, 6.45) is 85.1. The van der Waals surface area contributed by atoms with Gasteiger partial charge in [0.15, 0.2) is 6.10 Å². The average Bonchev–Trinajstić information content (AvgIpc) is 3.41. The van der Waals surface area contributed by atoms with Gasteiger partial charge in [-0.25, -0.2) is 0 Å². The molecule has 0 aromatic rings. The molecule has 0 aromatic carbocycles. The highest BCUT2D eigenvalue weighted by atomic mass is 16.6. The van der Waals surface area contributed by atoms with E-state index in [9.17, 15) is 14.4 Å². The quantitative estimate of drug-likeness (QED) is 0.0261. The number of hydrogen-bond acceptors (Lipinski definition) is 6. The molecule has 75 heavy (non-hydrogen) atoms. The van der Waals surface area contributed by atoms with Crippen molar-refractivity contribution in [1.82, 2.24) is 0 Å². The first-order valence-electron chi connectivity index (χ1n) is 31.4. The lowest BCUT2D eigenvalue weighted by atomic mass is 10.1. The Morgan fingerprint density at radius 1 is 0.280 bits per heavy atom. The summed E-state index contributed by atoms with van der Waals surface area (Å²) in [5.74, 6) is -0.916. The summed E-state index contributed by atoms with van der Waals surface area (Å²) in [5.41, 5.74) is 0. The number of rotatable bonds is 56. The monoisotopic (exact) mass is 1040 g/mol. The predicted octanol–water partition coefficient (Wildman–Crippen LogP) is 21.4. The Morgan fingerprint density at radius 2 is 0.520 bits per heavy atom. The molecule has 0 heterocycles. The summed E-state index contributed by atoms with van der Waals surface area (Å²) in [7, 11) is 0. The van der Waals surface area contributed by atoms with Crippen molar-refractivity contribution >= 4 is 17.9 Å². The van der Waals surface area contributed by atoms with Gasteiger partial charge in [-0.3, -0.25) is 14.4 Å². The second-order valence-electron chi connectivity index (χ2n) is 20.6. The van der Waals surface area contributed by atoms with Crippen LogP contribution in [-0.4, -0.2) is 37.2 Å². The normalized spacial score (nSPS) is 12.8. The van der Waals surface area contributed by atoms with Crippen LogP contribution < -0.4 is 0 Å². The van der Waals surface area contributed by atoms with Crippen LogP contribution in [0.2, 0.25) is 0 Å². The zero-order valence-electron chi connectivity index (χ0n) is 49.0. The highest BCUT2D eigenvalue weighted by Crippen LogP contribution is 2.15. The van der Waals surface area contributed by atoms with Crippen LogP contribution in [0.15, 0.2) is 109 Å². The van der Waals surface area contributed by atoms with Gasteiger partial charge in [-0.15, -0.1) is 0 Å². The van der Waals surface area contributed by atoms with Crippen molar-refractivity contribution in [2.24, 2.45) is 0 Å². The lowest BCUT2D eigenvalue weighted by Gasteiger charge is -2.18. The van der Waals surface area contributed by atoms with Crippen LogP contribution in [0.4, 0.5) is 0 Å². The molecule has 0 aliphatic rings. The summed E-state index contributed by atoms with van der Waals surface area (Å²) in [6, 6.07) is 0. The lowest BCUT2D eigenvalue weighted by molar-refractivity contribution is -0.167. The van der Waals surface area contributed by atoms with E-state index in [1.807, 2.05) is 0 Å². The van der Waals surface area contributed by atoms with Crippen LogP contribution in [0.1, 0.15) is 290 Å². The van der Waals surface area contributed by atoms with E-state index in [0.717, 1.165) is 135 Å². The Labute approximate surface area is 463 Å². The van der Waals surface area contributed by atoms with Crippen molar-refractivity contribution in [1.29, 1.82) is 0 Å². The van der Waals surface area contributed by atoms with Crippen molar-refractivity contribution in [3.8, 4) is 0 Å². The van der Waals surface area contributed by atoms with E-state index in [0.29, 0.717) is 19.3 Å². The third-order valence-corrected chi connectivity index (χ3v) is 13.2. The highest BCUT2D eigenvalue weighted by Gasteiger charge is 2.19. The number of ether oxygens (including phenoxy) is 3. The van der Waals surface area contributed by atoms with Gasteiger partial charge in [0.25, 0.3) is 0 Å². The van der Waals surface area contributed by atoms with Gasteiger partial charge in [0.05, 0.1) is 0 Å². The molecule has 1 atom stereocenters. The van der Waals surface area contributed by atoms with Crippen LogP contribution in [-0.2, 0) is 28.6 Å². The third kappa shape index (κ3) is 60.8. The molecule has 0 aliphatic heterocycles. The van der Waals surface area contributed by atoms with Gasteiger partial charge in [0, 0.05) is 19.3 Å². The Hall–Kier alpha value is -3.93. The summed E-state index contributed by atoms with van der Waals surface area (Å²) in [5, 5.41) is 0. The van der Waals surface area contributed by atoms with E-state index in [2.05, 4.69) is 130 Å². The largest absolute Gasteiger partial charge is 0.462 e. The maximum atomic E-state index is 12.9. The van der Waals surface area contributed by atoms with E-state index in [1.165, 1.54) is 116 Å². The van der Waals surface area contributed by atoms with Gasteiger partial charge in [-0.05, 0) is 128 Å². The zero-order chi connectivity index (χ0) is 54.3. The molecule has 0 N–H and O–H groups in total. The Balaban J connectivity index is 4.36. The molecule has 0 aromatic heterocycles. The molecular weight excluding hydrogens is 925 g/mol. The third-order valence-electron chi connectivity index (χ3n) is 13.2. The minimum atomic E-state index is -0.795. The SMILES string of the molecule is CC/C=C\C/C=C\C/C=C\C/C=C\C/C=C\C/C=C\CCCCCCCCCCC(=O)OCC(COC(=O)CCCCCCC/C=C\CCCCCCCC)OC(=O)CCCCCCC/C=C\C/C=C\CCCCC. The maximum Gasteiger partial charge on any atom is 0.306 e. The van der Waals surface area contributed by atoms with E-state index < -0.39 is 6.10 Å². The van der Waals surface area contributed by atoms with E-state index in [4.69, 9.17) is 14.2 Å². The highest BCUT2D eigenvalue weighted by molar-refractivity contribution is 5.71. The molecule has 0 aliphatic carbocycles. The van der Waals surface area contributed by atoms with Gasteiger partial charge in [0.2, 0.25) is 0 Å². The standard InChI is InChI=1S/C69H116O6/c1-4-7-10-13-16-19-22-25-28-29-30-31-32-33-34-35-36-37-38-39-42-44-47-50-53-56-59-62-68(71)74-65-66(75-69(72)63-60-57-54-51-48-45-41-27-24-21-18-15-12-9-6-3)64-73-67(70)61-58-55-52-49-46-43-40-26-23-20-17-14-11-8-5-2/h7,10,16,18-19,21,25-28,30-31,33-34,36-37,40-41,66H,4-6,8-9,11-15,17,20,22-24,29,32,35,38-39,42-65H2,1-3H3/b10-7-,19-16-,21-18-,28-25-,31-30-,34-33-,37-36-,40-26-,41-27-. The molecule has 0 radical (unpaired) electrons. The Bertz CT molecular complexity index is 1520. The zero-order valence-corrected chi connectivity index (χ0v) is 49.0. The molecule has 0 saturated heterocycles. The predicted molar refractivity (Wildman–Crippen MR) is 325 cm³/mol. The fourth-order valence-electron chi connectivity index (χ4n) is 8.53. The van der Waals surface area contributed by atoms with Crippen LogP contribution in [0.5, 0.6) is 0 Å². The molecular formula is C69H116O6. The van der Waals surface area contributed by atoms with Gasteiger partial charge in [-0.1, -0.05) is 252 Å². The number of carbonyl (C=O) groups is 3. The van der Waals surface area contributed by atoms with Crippen molar-refractivity contribution in [2.75, 3.05) is 13.2 Å². The van der Waals surface area contributed by atoms with Crippen molar-refractivity contribution in [3.05, 3.63) is 109 Å². The molecule has 1 unspecified atom stereocenters. The first-order chi connectivity index (χ1) is 37.0. The molecule has 6 heteroatoms. The van der Waals surface area contributed by atoms with E-state index in [1.54, 1.807) is 0 Å². The molecule has 428 valence electrons. The minimum absolute atomic E-state index is 0.0908. The smallest absolute Gasteiger partial charge is 0.306 e. The molecule has 0 spiro atoms. The van der Waals surface area contributed by atoms with Crippen LogP contribution in [0.25, 0.3) is 0 Å². The summed E-state index contributed by atoms with van der Waals surface area (Å²) >= 11 is 0.